The number of carbonyl (C=O) groups excluding carboxylic acids is 2. The molecule has 0 unspecified atom stereocenters. The summed E-state index contributed by atoms with van der Waals surface area (Å²) in [5.41, 5.74) is 3.26. The minimum Gasteiger partial charge on any atom is -0.325 e. The average Bonchev–Trinajstić information content (AvgIpc) is 2.56. The Morgan fingerprint density at radius 3 is 2.60 bits per heavy atom. The van der Waals surface area contributed by atoms with Crippen LogP contribution in [-0.4, -0.2) is 23.9 Å². The van der Waals surface area contributed by atoms with Crippen LogP contribution in [0.3, 0.4) is 0 Å². The Bertz CT molecular complexity index is 828. The summed E-state index contributed by atoms with van der Waals surface area (Å²) in [7, 11) is 1.75. The molecule has 2 aromatic rings. The van der Waals surface area contributed by atoms with E-state index in [1.54, 1.807) is 11.9 Å². The van der Waals surface area contributed by atoms with Crippen molar-refractivity contribution in [3.05, 3.63) is 59.7 Å². The molecule has 3 amide bonds. The Hall–Kier alpha value is -2.82. The molecule has 2 N–H and O–H groups in total. The van der Waals surface area contributed by atoms with Crippen LogP contribution in [0.25, 0.3) is 0 Å². The van der Waals surface area contributed by atoms with Gasteiger partial charge in [-0.2, -0.15) is 0 Å². The van der Waals surface area contributed by atoms with Crippen LogP contribution in [0, 0.1) is 0 Å². The summed E-state index contributed by atoms with van der Waals surface area (Å²) in [6.45, 7) is 0.536. The minimum atomic E-state index is -0.415. The van der Waals surface area contributed by atoms with Gasteiger partial charge in [0.15, 0.2) is 0 Å². The van der Waals surface area contributed by atoms with Gasteiger partial charge in [-0.15, -0.1) is 0 Å². The number of urea groups is 1. The molecule has 4 rings (SSSR count). The number of amides is 3. The number of hydrogen-bond donors (Lipinski definition) is 2. The van der Waals surface area contributed by atoms with Gasteiger partial charge in [-0.25, -0.2) is 4.79 Å². The van der Waals surface area contributed by atoms with E-state index in [9.17, 15) is 9.59 Å². The van der Waals surface area contributed by atoms with Gasteiger partial charge in [0.25, 0.3) is 0 Å². The molecule has 1 heterocycles. The summed E-state index contributed by atoms with van der Waals surface area (Å²) >= 11 is 0. The van der Waals surface area contributed by atoms with Crippen LogP contribution in [-0.2, 0) is 16.8 Å². The molecule has 1 aliphatic heterocycles. The molecule has 0 atom stereocenters. The van der Waals surface area contributed by atoms with E-state index in [-0.39, 0.29) is 11.9 Å². The number of carbonyl (C=O) groups is 2. The van der Waals surface area contributed by atoms with Crippen molar-refractivity contribution in [2.45, 2.75) is 31.2 Å². The summed E-state index contributed by atoms with van der Waals surface area (Å²) < 4.78 is 0. The Morgan fingerprint density at radius 2 is 1.92 bits per heavy atom. The van der Waals surface area contributed by atoms with Crippen molar-refractivity contribution in [2.24, 2.45) is 0 Å². The molecule has 1 aliphatic carbocycles. The van der Waals surface area contributed by atoms with E-state index in [1.165, 1.54) is 0 Å². The van der Waals surface area contributed by atoms with Gasteiger partial charge in [-0.05, 0) is 42.2 Å². The molecule has 1 saturated carbocycles. The number of nitrogens with one attached hydrogen (secondary N) is 2. The second-order valence-electron chi connectivity index (χ2n) is 6.91. The van der Waals surface area contributed by atoms with E-state index in [4.69, 9.17) is 0 Å². The third-order valence-corrected chi connectivity index (χ3v) is 5.33. The van der Waals surface area contributed by atoms with Crippen LogP contribution in [0.15, 0.2) is 48.5 Å². The molecule has 128 valence electrons. The van der Waals surface area contributed by atoms with Crippen molar-refractivity contribution in [3.63, 3.8) is 0 Å². The fraction of sp³-hybridized carbons (Fsp3) is 0.300. The summed E-state index contributed by atoms with van der Waals surface area (Å²) in [5.74, 6) is 0.0538. The Balaban J connectivity index is 1.57. The lowest BCUT2D eigenvalue weighted by Gasteiger charge is -2.40. The monoisotopic (exact) mass is 335 g/mol. The normalized spacial score (nSPS) is 18.0. The Morgan fingerprint density at radius 1 is 1.16 bits per heavy atom. The molecule has 25 heavy (non-hydrogen) atoms. The zero-order chi connectivity index (χ0) is 17.4. The van der Waals surface area contributed by atoms with E-state index in [0.29, 0.717) is 6.54 Å². The lowest BCUT2D eigenvalue weighted by Crippen LogP contribution is -2.46. The van der Waals surface area contributed by atoms with E-state index in [1.807, 2.05) is 48.5 Å². The molecular formula is C20H21N3O2. The number of nitrogens with zero attached hydrogens (tertiary/aromatic N) is 1. The first-order valence-electron chi connectivity index (χ1n) is 8.60. The summed E-state index contributed by atoms with van der Waals surface area (Å²) in [5, 5.41) is 5.93. The lowest BCUT2D eigenvalue weighted by molar-refractivity contribution is -0.124. The first-order valence-corrected chi connectivity index (χ1v) is 8.60. The van der Waals surface area contributed by atoms with Crippen LogP contribution in [0.2, 0.25) is 0 Å². The maximum Gasteiger partial charge on any atom is 0.321 e. The molecular weight excluding hydrogens is 314 g/mol. The minimum absolute atomic E-state index is 0.0538. The van der Waals surface area contributed by atoms with Gasteiger partial charge in [0, 0.05) is 25.0 Å². The van der Waals surface area contributed by atoms with Gasteiger partial charge in [0.05, 0.1) is 5.41 Å². The molecule has 2 aromatic carbocycles. The zero-order valence-electron chi connectivity index (χ0n) is 14.2. The first kappa shape index (κ1) is 15.7. The Labute approximate surface area is 147 Å². The van der Waals surface area contributed by atoms with Crippen molar-refractivity contribution >= 4 is 23.3 Å². The van der Waals surface area contributed by atoms with Gasteiger partial charge < -0.3 is 15.5 Å². The van der Waals surface area contributed by atoms with Crippen LogP contribution >= 0.6 is 0 Å². The molecule has 0 aromatic heterocycles. The van der Waals surface area contributed by atoms with Gasteiger partial charge in [-0.1, -0.05) is 36.8 Å². The largest absolute Gasteiger partial charge is 0.325 e. The van der Waals surface area contributed by atoms with Crippen LogP contribution < -0.4 is 10.6 Å². The summed E-state index contributed by atoms with van der Waals surface area (Å²) in [6.07, 6.45) is 2.84. The number of rotatable bonds is 3. The van der Waals surface area contributed by atoms with Crippen molar-refractivity contribution in [3.8, 4) is 0 Å². The van der Waals surface area contributed by atoms with E-state index < -0.39 is 5.41 Å². The van der Waals surface area contributed by atoms with Gasteiger partial charge in [0.1, 0.15) is 0 Å². The van der Waals surface area contributed by atoms with Gasteiger partial charge in [-0.3, -0.25) is 4.79 Å². The number of fused-ring (bicyclic) bond motifs is 1. The van der Waals surface area contributed by atoms with E-state index in [0.717, 1.165) is 41.8 Å². The number of benzene rings is 2. The first-order chi connectivity index (χ1) is 12.1. The highest BCUT2D eigenvalue weighted by atomic mass is 16.2. The molecule has 2 aliphatic rings. The molecule has 1 fully saturated rings. The maximum absolute atomic E-state index is 13.0. The fourth-order valence-corrected chi connectivity index (χ4v) is 3.65. The SMILES string of the molecule is CN1Cc2cc(NC(=O)C3(c4ccccc4)CCC3)ccc2NC1=O. The zero-order valence-corrected chi connectivity index (χ0v) is 14.2. The van der Waals surface area contributed by atoms with Gasteiger partial charge >= 0.3 is 6.03 Å². The van der Waals surface area contributed by atoms with Gasteiger partial charge in [0.2, 0.25) is 5.91 Å². The van der Waals surface area contributed by atoms with Crippen molar-refractivity contribution in [1.29, 1.82) is 0 Å². The smallest absolute Gasteiger partial charge is 0.321 e. The lowest BCUT2D eigenvalue weighted by atomic mass is 9.64. The predicted molar refractivity (Wildman–Crippen MR) is 97.5 cm³/mol. The summed E-state index contributed by atoms with van der Waals surface area (Å²) in [6, 6.07) is 15.6. The predicted octanol–water partition coefficient (Wildman–Crippen LogP) is 3.72. The highest BCUT2D eigenvalue weighted by Crippen LogP contribution is 2.44. The quantitative estimate of drug-likeness (QED) is 0.898. The topological polar surface area (TPSA) is 61.4 Å². The molecule has 0 radical (unpaired) electrons. The molecule has 5 nitrogen and oxygen atoms in total. The van der Waals surface area contributed by atoms with Crippen LogP contribution in [0.4, 0.5) is 16.2 Å². The van der Waals surface area contributed by atoms with Crippen LogP contribution in [0.5, 0.6) is 0 Å². The number of anilines is 2. The van der Waals surface area contributed by atoms with Crippen molar-refractivity contribution in [1.82, 2.24) is 4.90 Å². The summed E-state index contributed by atoms with van der Waals surface area (Å²) in [4.78, 5) is 26.3. The molecule has 0 saturated heterocycles. The van der Waals surface area contributed by atoms with E-state index >= 15 is 0 Å². The average molecular weight is 335 g/mol. The third-order valence-electron chi connectivity index (χ3n) is 5.33. The van der Waals surface area contributed by atoms with Crippen molar-refractivity contribution < 1.29 is 9.59 Å². The number of hydrogen-bond acceptors (Lipinski definition) is 2. The maximum atomic E-state index is 13.0. The molecule has 0 bridgehead atoms. The third kappa shape index (κ3) is 2.65. The second-order valence-corrected chi connectivity index (χ2v) is 6.91. The second kappa shape index (κ2) is 5.92. The highest BCUT2D eigenvalue weighted by Gasteiger charge is 2.45. The molecule has 0 spiro atoms. The molecule has 5 heteroatoms. The van der Waals surface area contributed by atoms with Crippen molar-refractivity contribution in [2.75, 3.05) is 17.7 Å². The Kier molecular flexibility index (Phi) is 3.71. The fourth-order valence-electron chi connectivity index (χ4n) is 3.65. The highest BCUT2D eigenvalue weighted by molar-refractivity contribution is 6.00. The van der Waals surface area contributed by atoms with Crippen LogP contribution in [0.1, 0.15) is 30.4 Å². The van der Waals surface area contributed by atoms with E-state index in [2.05, 4.69) is 10.6 Å². The standard InChI is InChI=1S/C20H21N3O2/c1-23-13-14-12-16(8-9-17(14)22-19(23)25)21-18(24)20(10-5-11-20)15-6-3-2-4-7-15/h2-4,6-9,12H,5,10-11,13H2,1H3,(H,21,24)(H,22,25).